The molecule has 6 heteroatoms. The predicted octanol–water partition coefficient (Wildman–Crippen LogP) is 5.33. The van der Waals surface area contributed by atoms with E-state index in [1.54, 1.807) is 18.2 Å². The third-order valence-electron chi connectivity index (χ3n) is 2.61. The Hall–Kier alpha value is -0.300. The highest BCUT2D eigenvalue weighted by Crippen LogP contribution is 2.33. The number of halogens is 5. The molecule has 0 aliphatic heterocycles. The highest BCUT2D eigenvalue weighted by molar-refractivity contribution is 9.13. The second-order valence-electron chi connectivity index (χ2n) is 3.83. The number of aliphatic hydroxyl groups excluding tert-OH is 1. The quantitative estimate of drug-likeness (QED) is 0.605. The molecule has 0 saturated carbocycles. The number of hydrogen-bond acceptors (Lipinski definition) is 1. The van der Waals surface area contributed by atoms with Crippen molar-refractivity contribution in [2.75, 3.05) is 0 Å². The van der Waals surface area contributed by atoms with Crippen molar-refractivity contribution >= 4 is 47.8 Å². The molecule has 0 radical (unpaired) electrons. The van der Waals surface area contributed by atoms with E-state index in [4.69, 9.17) is 0 Å². The standard InChI is InChI=1S/C13H7Br3F2O/c14-7-2-1-6(5-9(7)16)13(19)11-10(17)4-3-8(15)12(11)18/h1-5,13,19H. The van der Waals surface area contributed by atoms with Crippen LogP contribution in [0.2, 0.25) is 0 Å². The lowest BCUT2D eigenvalue weighted by Gasteiger charge is -2.15. The topological polar surface area (TPSA) is 20.2 Å². The van der Waals surface area contributed by atoms with Crippen molar-refractivity contribution in [2.45, 2.75) is 6.10 Å². The normalized spacial score (nSPS) is 12.5. The third-order valence-corrected chi connectivity index (χ3v) is 5.10. The first-order valence-electron chi connectivity index (χ1n) is 5.18. The average Bonchev–Trinajstić information content (AvgIpc) is 2.37. The van der Waals surface area contributed by atoms with Gasteiger partial charge in [-0.15, -0.1) is 0 Å². The van der Waals surface area contributed by atoms with Crippen LogP contribution in [0.1, 0.15) is 17.2 Å². The van der Waals surface area contributed by atoms with E-state index in [9.17, 15) is 13.9 Å². The Morgan fingerprint density at radius 2 is 1.53 bits per heavy atom. The fraction of sp³-hybridized carbons (Fsp3) is 0.0769. The molecule has 19 heavy (non-hydrogen) atoms. The number of hydrogen-bond donors (Lipinski definition) is 1. The van der Waals surface area contributed by atoms with Gasteiger partial charge >= 0.3 is 0 Å². The lowest BCUT2D eigenvalue weighted by molar-refractivity contribution is 0.208. The number of aliphatic hydroxyl groups is 1. The van der Waals surface area contributed by atoms with Gasteiger partial charge < -0.3 is 5.11 Å². The molecule has 0 aliphatic carbocycles. The Labute approximate surface area is 134 Å². The van der Waals surface area contributed by atoms with Gasteiger partial charge in [0.15, 0.2) is 0 Å². The zero-order chi connectivity index (χ0) is 14.2. The van der Waals surface area contributed by atoms with Crippen LogP contribution in [0.15, 0.2) is 43.7 Å². The minimum Gasteiger partial charge on any atom is -0.383 e. The molecule has 2 aromatic rings. The fourth-order valence-corrected chi connectivity index (χ4v) is 2.63. The molecule has 1 N–H and O–H groups in total. The molecule has 2 rings (SSSR count). The van der Waals surface area contributed by atoms with E-state index in [0.717, 1.165) is 10.5 Å². The summed E-state index contributed by atoms with van der Waals surface area (Å²) in [6.45, 7) is 0. The Kier molecular flexibility index (Phi) is 4.76. The highest BCUT2D eigenvalue weighted by atomic mass is 79.9. The van der Waals surface area contributed by atoms with Gasteiger partial charge in [0.25, 0.3) is 0 Å². The molecular formula is C13H7Br3F2O. The lowest BCUT2D eigenvalue weighted by Crippen LogP contribution is -2.06. The first kappa shape index (κ1) is 15.1. The third kappa shape index (κ3) is 3.07. The fourth-order valence-electron chi connectivity index (χ4n) is 1.64. The van der Waals surface area contributed by atoms with Gasteiger partial charge in [0.1, 0.15) is 17.7 Å². The van der Waals surface area contributed by atoms with Crippen molar-refractivity contribution in [3.63, 3.8) is 0 Å². The van der Waals surface area contributed by atoms with Crippen molar-refractivity contribution in [3.05, 3.63) is 66.5 Å². The number of rotatable bonds is 2. The Bertz CT molecular complexity index is 632. The maximum Gasteiger partial charge on any atom is 0.146 e. The maximum absolute atomic E-state index is 13.9. The summed E-state index contributed by atoms with van der Waals surface area (Å²) in [5.41, 5.74) is 0.0228. The molecule has 0 amide bonds. The van der Waals surface area contributed by atoms with Gasteiger partial charge in [-0.1, -0.05) is 6.07 Å². The van der Waals surface area contributed by atoms with Crippen molar-refractivity contribution in [1.82, 2.24) is 0 Å². The second-order valence-corrected chi connectivity index (χ2v) is 6.40. The van der Waals surface area contributed by atoms with Crippen molar-refractivity contribution in [3.8, 4) is 0 Å². The minimum atomic E-state index is -1.37. The Morgan fingerprint density at radius 1 is 0.895 bits per heavy atom. The summed E-state index contributed by atoms with van der Waals surface area (Å²) >= 11 is 9.55. The largest absolute Gasteiger partial charge is 0.383 e. The van der Waals surface area contributed by atoms with Gasteiger partial charge in [0.2, 0.25) is 0 Å². The molecular weight excluding hydrogens is 450 g/mol. The number of benzene rings is 2. The average molecular weight is 457 g/mol. The summed E-state index contributed by atoms with van der Waals surface area (Å²) in [6, 6.07) is 7.27. The molecule has 0 heterocycles. The second kappa shape index (κ2) is 5.99. The van der Waals surface area contributed by atoms with Crippen LogP contribution in [0.4, 0.5) is 8.78 Å². The van der Waals surface area contributed by atoms with Gasteiger partial charge in [0, 0.05) is 8.95 Å². The summed E-state index contributed by atoms with van der Waals surface area (Å²) < 4.78 is 29.2. The van der Waals surface area contributed by atoms with Gasteiger partial charge in [0.05, 0.1) is 10.0 Å². The van der Waals surface area contributed by atoms with Crippen LogP contribution < -0.4 is 0 Å². The van der Waals surface area contributed by atoms with Crippen LogP contribution in [-0.4, -0.2) is 5.11 Å². The smallest absolute Gasteiger partial charge is 0.146 e. The molecule has 0 saturated heterocycles. The summed E-state index contributed by atoms with van der Waals surface area (Å²) in [4.78, 5) is 0. The molecule has 0 fully saturated rings. The highest BCUT2D eigenvalue weighted by Gasteiger charge is 2.22. The van der Waals surface area contributed by atoms with Crippen LogP contribution in [0.5, 0.6) is 0 Å². The van der Waals surface area contributed by atoms with Gasteiger partial charge in [-0.05, 0) is 77.6 Å². The minimum absolute atomic E-state index is 0.110. The van der Waals surface area contributed by atoms with E-state index in [1.165, 1.54) is 6.07 Å². The molecule has 0 aromatic heterocycles. The molecule has 1 unspecified atom stereocenters. The zero-order valence-electron chi connectivity index (χ0n) is 9.30. The van der Waals surface area contributed by atoms with E-state index in [1.807, 2.05) is 0 Å². The summed E-state index contributed by atoms with van der Waals surface area (Å²) in [6.07, 6.45) is -1.37. The van der Waals surface area contributed by atoms with Crippen LogP contribution >= 0.6 is 47.8 Å². The maximum atomic E-state index is 13.9. The van der Waals surface area contributed by atoms with Gasteiger partial charge in [-0.25, -0.2) is 8.78 Å². The molecule has 2 aromatic carbocycles. The van der Waals surface area contributed by atoms with E-state index in [0.29, 0.717) is 10.0 Å². The van der Waals surface area contributed by atoms with E-state index >= 15 is 0 Å². The van der Waals surface area contributed by atoms with Crippen molar-refractivity contribution < 1.29 is 13.9 Å². The molecule has 0 bridgehead atoms. The SMILES string of the molecule is OC(c1ccc(Br)c(Br)c1)c1c(F)ccc(Br)c1F. The van der Waals surface area contributed by atoms with Crippen LogP contribution in [0, 0.1) is 11.6 Å². The van der Waals surface area contributed by atoms with Crippen LogP contribution in [-0.2, 0) is 0 Å². The molecule has 1 nitrogen and oxygen atoms in total. The first-order chi connectivity index (χ1) is 8.91. The van der Waals surface area contributed by atoms with Gasteiger partial charge in [-0.2, -0.15) is 0 Å². The molecule has 0 spiro atoms. The van der Waals surface area contributed by atoms with E-state index in [-0.39, 0.29) is 10.0 Å². The zero-order valence-corrected chi connectivity index (χ0v) is 14.1. The van der Waals surface area contributed by atoms with Crippen molar-refractivity contribution in [1.29, 1.82) is 0 Å². The predicted molar refractivity (Wildman–Crippen MR) is 80.0 cm³/mol. The molecule has 0 aliphatic rings. The monoisotopic (exact) mass is 454 g/mol. The summed E-state index contributed by atoms with van der Waals surface area (Å²) in [5.74, 6) is -1.58. The van der Waals surface area contributed by atoms with Crippen molar-refractivity contribution in [2.24, 2.45) is 0 Å². The first-order valence-corrected chi connectivity index (χ1v) is 7.56. The van der Waals surface area contributed by atoms with Crippen LogP contribution in [0.25, 0.3) is 0 Å². The van der Waals surface area contributed by atoms with E-state index < -0.39 is 17.7 Å². The van der Waals surface area contributed by atoms with Gasteiger partial charge in [-0.3, -0.25) is 0 Å². The Balaban J connectivity index is 2.52. The Morgan fingerprint density at radius 3 is 2.16 bits per heavy atom. The molecule has 100 valence electrons. The lowest BCUT2D eigenvalue weighted by atomic mass is 10.0. The summed E-state index contributed by atoms with van der Waals surface area (Å²) in [7, 11) is 0. The summed E-state index contributed by atoms with van der Waals surface area (Å²) in [5, 5.41) is 10.2. The molecule has 1 atom stereocenters. The van der Waals surface area contributed by atoms with Crippen LogP contribution in [0.3, 0.4) is 0 Å². The van der Waals surface area contributed by atoms with E-state index in [2.05, 4.69) is 47.8 Å².